The highest BCUT2D eigenvalue weighted by Crippen LogP contribution is 2.37. The molecule has 2 aromatic carbocycles. The normalized spacial score (nSPS) is 16.9. The van der Waals surface area contributed by atoms with Crippen molar-refractivity contribution in [2.45, 2.75) is 31.3 Å². The molecule has 0 radical (unpaired) electrons. The molecule has 7 nitrogen and oxygen atoms in total. The highest BCUT2D eigenvalue weighted by molar-refractivity contribution is 5.79. The summed E-state index contributed by atoms with van der Waals surface area (Å²) in [6.45, 7) is 0.677. The topological polar surface area (TPSA) is 93.9 Å². The van der Waals surface area contributed by atoms with Gasteiger partial charge in [0.15, 0.2) is 11.5 Å². The summed E-state index contributed by atoms with van der Waals surface area (Å²) in [5.41, 5.74) is 7.19. The molecule has 1 saturated heterocycles. The van der Waals surface area contributed by atoms with Crippen molar-refractivity contribution in [3.8, 4) is 11.5 Å². The fourth-order valence-corrected chi connectivity index (χ4v) is 3.87. The zero-order valence-corrected chi connectivity index (χ0v) is 16.8. The number of carbonyl (C=O) groups excluding carboxylic acids is 2. The van der Waals surface area contributed by atoms with Crippen molar-refractivity contribution in [2.75, 3.05) is 20.8 Å². The largest absolute Gasteiger partial charge is 0.493 e. The van der Waals surface area contributed by atoms with Gasteiger partial charge in [-0.2, -0.15) is 0 Å². The number of hydrogen-bond donors (Lipinski definition) is 2. The van der Waals surface area contributed by atoms with Gasteiger partial charge in [0, 0.05) is 6.54 Å². The van der Waals surface area contributed by atoms with Crippen LogP contribution in [0, 0.1) is 0 Å². The van der Waals surface area contributed by atoms with Gasteiger partial charge in [-0.05, 0) is 36.1 Å². The molecule has 7 heteroatoms. The first-order valence-corrected chi connectivity index (χ1v) is 9.65. The van der Waals surface area contributed by atoms with E-state index in [1.165, 1.54) is 0 Å². The lowest BCUT2D eigenvalue weighted by atomic mass is 10.0. The fraction of sp³-hybridized carbons (Fsp3) is 0.364. The van der Waals surface area contributed by atoms with E-state index in [1.807, 2.05) is 53.4 Å². The second-order valence-corrected chi connectivity index (χ2v) is 7.04. The third-order valence-corrected chi connectivity index (χ3v) is 5.26. The van der Waals surface area contributed by atoms with Crippen LogP contribution in [-0.4, -0.2) is 37.6 Å². The Bertz CT molecular complexity index is 856. The van der Waals surface area contributed by atoms with Gasteiger partial charge in [0.25, 0.3) is 0 Å². The van der Waals surface area contributed by atoms with Crippen molar-refractivity contribution in [2.24, 2.45) is 5.73 Å². The van der Waals surface area contributed by atoms with Crippen molar-refractivity contribution < 1.29 is 19.1 Å². The SMILES string of the molecule is COc1ccc([C@H]2CCCN2C(=O)C[C@@H](NC(N)=O)c2ccccc2)cc1OC. The Morgan fingerprint density at radius 2 is 1.86 bits per heavy atom. The summed E-state index contributed by atoms with van der Waals surface area (Å²) in [5.74, 6) is 1.27. The molecule has 0 aromatic heterocycles. The van der Waals surface area contributed by atoms with Crippen molar-refractivity contribution in [3.63, 3.8) is 0 Å². The lowest BCUT2D eigenvalue weighted by Gasteiger charge is -2.28. The number of rotatable bonds is 7. The average molecular weight is 397 g/mol. The minimum Gasteiger partial charge on any atom is -0.493 e. The van der Waals surface area contributed by atoms with E-state index in [9.17, 15) is 9.59 Å². The van der Waals surface area contributed by atoms with E-state index >= 15 is 0 Å². The maximum atomic E-state index is 13.1. The smallest absolute Gasteiger partial charge is 0.312 e. The third-order valence-electron chi connectivity index (χ3n) is 5.26. The molecule has 29 heavy (non-hydrogen) atoms. The molecule has 0 saturated carbocycles. The Morgan fingerprint density at radius 1 is 1.14 bits per heavy atom. The predicted octanol–water partition coefficient (Wildman–Crippen LogP) is 3.17. The van der Waals surface area contributed by atoms with Crippen LogP contribution in [-0.2, 0) is 4.79 Å². The molecule has 0 aliphatic carbocycles. The number of nitrogens with two attached hydrogens (primary N) is 1. The summed E-state index contributed by atoms with van der Waals surface area (Å²) in [7, 11) is 3.19. The predicted molar refractivity (Wildman–Crippen MR) is 110 cm³/mol. The number of likely N-dealkylation sites (tertiary alicyclic amines) is 1. The van der Waals surface area contributed by atoms with Crippen LogP contribution in [0.25, 0.3) is 0 Å². The highest BCUT2D eigenvalue weighted by Gasteiger charge is 2.32. The standard InChI is InChI=1S/C22H27N3O4/c1-28-19-11-10-16(13-20(19)29-2)18-9-6-12-25(18)21(26)14-17(24-22(23)27)15-7-4-3-5-8-15/h3-5,7-8,10-11,13,17-18H,6,9,12,14H2,1-2H3,(H3,23,24,27)/t17-,18-/m1/s1. The number of benzene rings is 2. The molecule has 3 N–H and O–H groups in total. The molecule has 1 aliphatic heterocycles. The third kappa shape index (κ3) is 4.80. The van der Waals surface area contributed by atoms with Crippen LogP contribution in [0.4, 0.5) is 4.79 Å². The Morgan fingerprint density at radius 3 is 2.52 bits per heavy atom. The van der Waals surface area contributed by atoms with Crippen LogP contribution >= 0.6 is 0 Å². The van der Waals surface area contributed by atoms with Crippen LogP contribution in [0.15, 0.2) is 48.5 Å². The van der Waals surface area contributed by atoms with Gasteiger partial charge in [0.05, 0.1) is 32.7 Å². The van der Waals surface area contributed by atoms with Crippen LogP contribution in [0.1, 0.15) is 42.5 Å². The lowest BCUT2D eigenvalue weighted by Crippen LogP contribution is -2.38. The molecule has 0 bridgehead atoms. The zero-order valence-electron chi connectivity index (χ0n) is 16.8. The van der Waals surface area contributed by atoms with Crippen molar-refractivity contribution in [3.05, 3.63) is 59.7 Å². The molecule has 1 fully saturated rings. The zero-order chi connectivity index (χ0) is 20.8. The maximum Gasteiger partial charge on any atom is 0.312 e. The molecule has 2 aromatic rings. The monoisotopic (exact) mass is 397 g/mol. The number of nitrogens with one attached hydrogen (secondary N) is 1. The van der Waals surface area contributed by atoms with Crippen LogP contribution < -0.4 is 20.5 Å². The van der Waals surface area contributed by atoms with Gasteiger partial charge < -0.3 is 25.4 Å². The Labute approximate surface area is 170 Å². The van der Waals surface area contributed by atoms with Crippen molar-refractivity contribution in [1.82, 2.24) is 10.2 Å². The molecular weight excluding hydrogens is 370 g/mol. The summed E-state index contributed by atoms with van der Waals surface area (Å²) in [5, 5.41) is 2.69. The van der Waals surface area contributed by atoms with Gasteiger partial charge in [0.2, 0.25) is 5.91 Å². The van der Waals surface area contributed by atoms with E-state index in [0.717, 1.165) is 24.0 Å². The first kappa shape index (κ1) is 20.5. The quantitative estimate of drug-likeness (QED) is 0.750. The number of nitrogens with zero attached hydrogens (tertiary/aromatic N) is 1. The van der Waals surface area contributed by atoms with Gasteiger partial charge in [0.1, 0.15) is 0 Å². The second kappa shape index (κ2) is 9.32. The van der Waals surface area contributed by atoms with Crippen LogP contribution in [0.2, 0.25) is 0 Å². The summed E-state index contributed by atoms with van der Waals surface area (Å²) in [4.78, 5) is 26.5. The molecule has 1 heterocycles. The number of methoxy groups -OCH3 is 2. The average Bonchev–Trinajstić information content (AvgIpc) is 3.23. The summed E-state index contributed by atoms with van der Waals surface area (Å²) >= 11 is 0. The van der Waals surface area contributed by atoms with E-state index in [2.05, 4.69) is 5.32 Å². The number of amides is 3. The van der Waals surface area contributed by atoms with Gasteiger partial charge in [-0.15, -0.1) is 0 Å². The molecule has 3 amide bonds. The minimum absolute atomic E-state index is 0.0233. The second-order valence-electron chi connectivity index (χ2n) is 7.04. The van der Waals surface area contributed by atoms with Crippen LogP contribution in [0.5, 0.6) is 11.5 Å². The Balaban J connectivity index is 1.79. The Hall–Kier alpha value is -3.22. The number of hydrogen-bond acceptors (Lipinski definition) is 4. The van der Waals surface area contributed by atoms with Crippen molar-refractivity contribution >= 4 is 11.9 Å². The van der Waals surface area contributed by atoms with E-state index < -0.39 is 12.1 Å². The number of carbonyl (C=O) groups is 2. The number of urea groups is 1. The van der Waals surface area contributed by atoms with E-state index in [-0.39, 0.29) is 18.4 Å². The lowest BCUT2D eigenvalue weighted by molar-refractivity contribution is -0.132. The summed E-state index contributed by atoms with van der Waals surface area (Å²) in [6, 6.07) is 14.0. The van der Waals surface area contributed by atoms with Crippen molar-refractivity contribution in [1.29, 1.82) is 0 Å². The fourth-order valence-electron chi connectivity index (χ4n) is 3.87. The Kier molecular flexibility index (Phi) is 6.59. The number of primary amides is 1. The minimum atomic E-state index is -0.649. The van der Waals surface area contributed by atoms with Crippen LogP contribution in [0.3, 0.4) is 0 Å². The molecule has 3 rings (SSSR count). The molecule has 154 valence electrons. The van der Waals surface area contributed by atoms with Gasteiger partial charge in [-0.25, -0.2) is 4.79 Å². The molecule has 2 atom stereocenters. The summed E-state index contributed by atoms with van der Waals surface area (Å²) in [6.07, 6.45) is 1.95. The van der Waals surface area contributed by atoms with Gasteiger partial charge in [-0.1, -0.05) is 36.4 Å². The molecule has 1 aliphatic rings. The molecule has 0 unspecified atom stereocenters. The summed E-state index contributed by atoms with van der Waals surface area (Å²) < 4.78 is 10.7. The molecular formula is C22H27N3O4. The first-order chi connectivity index (χ1) is 14.0. The highest BCUT2D eigenvalue weighted by atomic mass is 16.5. The van der Waals surface area contributed by atoms with Gasteiger partial charge >= 0.3 is 6.03 Å². The van der Waals surface area contributed by atoms with E-state index in [4.69, 9.17) is 15.2 Å². The van der Waals surface area contributed by atoms with E-state index in [0.29, 0.717) is 18.0 Å². The van der Waals surface area contributed by atoms with E-state index in [1.54, 1.807) is 14.2 Å². The first-order valence-electron chi connectivity index (χ1n) is 9.65. The molecule has 0 spiro atoms. The number of ether oxygens (including phenoxy) is 2. The maximum absolute atomic E-state index is 13.1. The van der Waals surface area contributed by atoms with Gasteiger partial charge in [-0.3, -0.25) is 4.79 Å².